The first kappa shape index (κ1) is 17.6. The monoisotopic (exact) mass is 368 g/mol. The van der Waals surface area contributed by atoms with Crippen molar-refractivity contribution in [3.05, 3.63) is 54.1 Å². The number of rotatable bonds is 4. The maximum absolute atomic E-state index is 13.4. The second kappa shape index (κ2) is 6.97. The van der Waals surface area contributed by atoms with Gasteiger partial charge >= 0.3 is 0 Å². The molecule has 8 heteroatoms. The highest BCUT2D eigenvalue weighted by Crippen LogP contribution is 2.28. The number of anilines is 2. The first-order chi connectivity index (χ1) is 11.9. The van der Waals surface area contributed by atoms with Crippen LogP contribution in [0.15, 0.2) is 47.4 Å². The zero-order valence-corrected chi connectivity index (χ0v) is 14.6. The lowest BCUT2D eigenvalue weighted by molar-refractivity contribution is -0.880. The SMILES string of the molecule is C[NH+]1CCN(c2ccccc2NS(=O)(=O)c2ccc(F)c(F)c2)CC1. The maximum atomic E-state index is 13.4. The van der Waals surface area contributed by atoms with Crippen molar-refractivity contribution < 1.29 is 22.1 Å². The van der Waals surface area contributed by atoms with Gasteiger partial charge in [-0.2, -0.15) is 0 Å². The van der Waals surface area contributed by atoms with Crippen LogP contribution < -0.4 is 14.5 Å². The van der Waals surface area contributed by atoms with Crippen LogP contribution in [0, 0.1) is 11.6 Å². The van der Waals surface area contributed by atoms with Crippen molar-refractivity contribution in [1.29, 1.82) is 0 Å². The summed E-state index contributed by atoms with van der Waals surface area (Å²) in [7, 11) is -1.89. The Morgan fingerprint density at radius 2 is 1.72 bits per heavy atom. The quantitative estimate of drug-likeness (QED) is 0.850. The molecule has 0 saturated carbocycles. The van der Waals surface area contributed by atoms with Crippen LogP contribution in [-0.4, -0.2) is 41.6 Å². The van der Waals surface area contributed by atoms with Crippen molar-refractivity contribution in [3.63, 3.8) is 0 Å². The van der Waals surface area contributed by atoms with E-state index >= 15 is 0 Å². The Morgan fingerprint density at radius 1 is 1.04 bits per heavy atom. The number of sulfonamides is 1. The summed E-state index contributed by atoms with van der Waals surface area (Å²) in [6.07, 6.45) is 0. The molecule has 25 heavy (non-hydrogen) atoms. The van der Waals surface area contributed by atoms with Gasteiger partial charge in [-0.3, -0.25) is 4.72 Å². The molecule has 0 aromatic heterocycles. The van der Waals surface area contributed by atoms with E-state index in [2.05, 4.69) is 16.7 Å². The van der Waals surface area contributed by atoms with E-state index in [4.69, 9.17) is 0 Å². The minimum Gasteiger partial charge on any atom is -0.359 e. The molecule has 1 fully saturated rings. The van der Waals surface area contributed by atoms with E-state index in [0.717, 1.165) is 44.0 Å². The summed E-state index contributed by atoms with van der Waals surface area (Å²) in [5.41, 5.74) is 1.20. The number of likely N-dealkylation sites (N-methyl/N-ethyl adjacent to an activating group) is 1. The second-order valence-electron chi connectivity index (χ2n) is 6.14. The lowest BCUT2D eigenvalue weighted by atomic mass is 10.2. The molecule has 1 aliphatic heterocycles. The summed E-state index contributed by atoms with van der Waals surface area (Å²) in [5.74, 6) is -2.28. The summed E-state index contributed by atoms with van der Waals surface area (Å²) in [6, 6.07) is 9.62. The van der Waals surface area contributed by atoms with E-state index < -0.39 is 21.7 Å². The fourth-order valence-corrected chi connectivity index (χ4v) is 3.90. The minimum atomic E-state index is -4.01. The van der Waals surface area contributed by atoms with Crippen LogP contribution in [0.4, 0.5) is 20.2 Å². The van der Waals surface area contributed by atoms with E-state index in [1.54, 1.807) is 12.1 Å². The average molecular weight is 368 g/mol. The van der Waals surface area contributed by atoms with Gasteiger partial charge in [0.2, 0.25) is 0 Å². The molecule has 5 nitrogen and oxygen atoms in total. The van der Waals surface area contributed by atoms with Crippen LogP contribution in [0.25, 0.3) is 0 Å². The zero-order chi connectivity index (χ0) is 18.0. The van der Waals surface area contributed by atoms with Gasteiger partial charge in [-0.15, -0.1) is 0 Å². The number of benzene rings is 2. The first-order valence-corrected chi connectivity index (χ1v) is 9.48. The van der Waals surface area contributed by atoms with E-state index in [0.29, 0.717) is 11.8 Å². The number of halogens is 2. The molecule has 2 N–H and O–H groups in total. The highest BCUT2D eigenvalue weighted by atomic mass is 32.2. The van der Waals surface area contributed by atoms with Gasteiger partial charge in [-0.05, 0) is 30.3 Å². The third kappa shape index (κ3) is 3.91. The van der Waals surface area contributed by atoms with Crippen molar-refractivity contribution in [3.8, 4) is 0 Å². The number of para-hydroxylation sites is 2. The Morgan fingerprint density at radius 3 is 2.40 bits per heavy atom. The van der Waals surface area contributed by atoms with Gasteiger partial charge in [0.15, 0.2) is 11.6 Å². The van der Waals surface area contributed by atoms with Crippen LogP contribution >= 0.6 is 0 Å². The molecule has 3 rings (SSSR count). The predicted octanol–water partition coefficient (Wildman–Crippen LogP) is 1.10. The van der Waals surface area contributed by atoms with Crippen molar-refractivity contribution in [2.75, 3.05) is 42.8 Å². The molecule has 2 aromatic rings. The fourth-order valence-electron chi connectivity index (χ4n) is 2.81. The second-order valence-corrected chi connectivity index (χ2v) is 7.83. The molecule has 0 radical (unpaired) electrons. The van der Waals surface area contributed by atoms with Gasteiger partial charge in [0.1, 0.15) is 0 Å². The summed E-state index contributed by atoms with van der Waals surface area (Å²) in [6.45, 7) is 3.56. The van der Waals surface area contributed by atoms with Gasteiger partial charge in [0.05, 0.1) is 49.5 Å². The number of quaternary nitrogens is 1. The maximum Gasteiger partial charge on any atom is 0.262 e. The standard InChI is InChI=1S/C17H19F2N3O2S/c1-21-8-10-22(11-9-21)17-5-3-2-4-16(17)20-25(23,24)13-6-7-14(18)15(19)12-13/h2-7,12,20H,8-11H2,1H3/p+1. The van der Waals surface area contributed by atoms with Gasteiger partial charge in [0, 0.05) is 0 Å². The van der Waals surface area contributed by atoms with Crippen molar-refractivity contribution in [1.82, 2.24) is 0 Å². The molecule has 0 amide bonds. The summed E-state index contributed by atoms with van der Waals surface area (Å²) >= 11 is 0. The number of nitrogens with one attached hydrogen (secondary N) is 2. The van der Waals surface area contributed by atoms with E-state index in [9.17, 15) is 17.2 Å². The zero-order valence-electron chi connectivity index (χ0n) is 13.8. The smallest absolute Gasteiger partial charge is 0.262 e. The molecule has 1 saturated heterocycles. The Bertz CT molecular complexity index is 866. The topological polar surface area (TPSA) is 53.9 Å². The van der Waals surface area contributed by atoms with Gasteiger partial charge in [-0.1, -0.05) is 12.1 Å². The molecule has 1 aliphatic rings. The lowest BCUT2D eigenvalue weighted by Crippen LogP contribution is -3.12. The highest BCUT2D eigenvalue weighted by Gasteiger charge is 2.22. The normalized spacial score (nSPS) is 16.0. The molecule has 0 atom stereocenters. The fraction of sp³-hybridized carbons (Fsp3) is 0.294. The molecule has 0 spiro atoms. The molecule has 134 valence electrons. The van der Waals surface area contributed by atoms with Gasteiger partial charge in [0.25, 0.3) is 10.0 Å². The number of hydrogen-bond acceptors (Lipinski definition) is 3. The summed E-state index contributed by atoms with van der Waals surface area (Å²) in [4.78, 5) is 3.23. The Labute approximate surface area is 145 Å². The Balaban J connectivity index is 1.88. The van der Waals surface area contributed by atoms with Crippen molar-refractivity contribution in [2.24, 2.45) is 0 Å². The van der Waals surface area contributed by atoms with Crippen LogP contribution in [0.2, 0.25) is 0 Å². The molecule has 2 aromatic carbocycles. The number of nitrogens with zero attached hydrogens (tertiary/aromatic N) is 1. The van der Waals surface area contributed by atoms with Crippen LogP contribution in [0.3, 0.4) is 0 Å². The van der Waals surface area contributed by atoms with Crippen LogP contribution in [0.1, 0.15) is 0 Å². The van der Waals surface area contributed by atoms with Gasteiger partial charge in [-0.25, -0.2) is 17.2 Å². The number of hydrogen-bond donors (Lipinski definition) is 2. The highest BCUT2D eigenvalue weighted by molar-refractivity contribution is 7.92. The van der Waals surface area contributed by atoms with Gasteiger partial charge < -0.3 is 9.80 Å². The van der Waals surface area contributed by atoms with E-state index in [-0.39, 0.29) is 4.90 Å². The van der Waals surface area contributed by atoms with Crippen molar-refractivity contribution in [2.45, 2.75) is 4.90 Å². The third-order valence-corrected chi connectivity index (χ3v) is 5.67. The molecule has 0 unspecified atom stereocenters. The Kier molecular flexibility index (Phi) is 4.91. The Hall–Kier alpha value is -2.19. The molecule has 0 aliphatic carbocycles. The minimum absolute atomic E-state index is 0.316. The molecular formula is C17H20F2N3O2S+. The summed E-state index contributed by atoms with van der Waals surface area (Å²) in [5, 5.41) is 0. The molecule has 0 bridgehead atoms. The predicted molar refractivity (Wildman–Crippen MR) is 92.4 cm³/mol. The summed E-state index contributed by atoms with van der Waals surface area (Å²) < 4.78 is 54.0. The largest absolute Gasteiger partial charge is 0.359 e. The van der Waals surface area contributed by atoms with Crippen LogP contribution in [0.5, 0.6) is 0 Å². The van der Waals surface area contributed by atoms with E-state index in [1.165, 1.54) is 4.90 Å². The number of piperazine rings is 1. The van der Waals surface area contributed by atoms with Crippen molar-refractivity contribution >= 4 is 21.4 Å². The lowest BCUT2D eigenvalue weighted by Gasteiger charge is -2.33. The molecule has 1 heterocycles. The molecular weight excluding hydrogens is 348 g/mol. The third-order valence-electron chi connectivity index (χ3n) is 4.31. The average Bonchev–Trinajstić information content (AvgIpc) is 2.58. The van der Waals surface area contributed by atoms with E-state index in [1.807, 2.05) is 12.1 Å². The van der Waals surface area contributed by atoms with Crippen LogP contribution in [-0.2, 0) is 10.0 Å². The first-order valence-electron chi connectivity index (χ1n) is 8.00.